The van der Waals surface area contributed by atoms with Crippen LogP contribution in [0.4, 0.5) is 0 Å². The molecule has 1 aromatic heterocycles. The van der Waals surface area contributed by atoms with Crippen LogP contribution in [-0.2, 0) is 13.0 Å². The second kappa shape index (κ2) is 8.08. The lowest BCUT2D eigenvalue weighted by atomic mass is 10.1. The highest BCUT2D eigenvalue weighted by Crippen LogP contribution is 2.20. The first-order valence-corrected chi connectivity index (χ1v) is 8.18. The van der Waals surface area contributed by atoms with Crippen molar-refractivity contribution in [3.8, 4) is 5.75 Å². The fourth-order valence-corrected chi connectivity index (χ4v) is 2.80. The zero-order valence-electron chi connectivity index (χ0n) is 12.3. The van der Waals surface area contributed by atoms with Gasteiger partial charge in [-0.3, -0.25) is 0 Å². The number of thiophene rings is 1. The normalized spacial score (nSPS) is 10.7. The van der Waals surface area contributed by atoms with Crippen molar-refractivity contribution in [2.45, 2.75) is 33.2 Å². The van der Waals surface area contributed by atoms with E-state index < -0.39 is 0 Å². The molecular formula is C17H23NOS. The smallest absolute Gasteiger partial charge is 0.123 e. The second-order valence-electron chi connectivity index (χ2n) is 5.02. The molecule has 2 rings (SSSR count). The molecule has 0 unspecified atom stereocenters. The van der Waals surface area contributed by atoms with Crippen LogP contribution in [0.1, 0.15) is 30.0 Å². The number of hydrogen-bond acceptors (Lipinski definition) is 3. The lowest BCUT2D eigenvalue weighted by molar-refractivity contribution is 0.318. The quantitative estimate of drug-likeness (QED) is 0.736. The second-order valence-corrected chi connectivity index (χ2v) is 5.80. The molecule has 1 heterocycles. The molecule has 0 aliphatic rings. The zero-order valence-corrected chi connectivity index (χ0v) is 13.1. The van der Waals surface area contributed by atoms with E-state index in [0.29, 0.717) is 0 Å². The van der Waals surface area contributed by atoms with Crippen LogP contribution < -0.4 is 10.1 Å². The maximum atomic E-state index is 5.96. The van der Waals surface area contributed by atoms with Crippen LogP contribution in [0.2, 0.25) is 0 Å². The summed E-state index contributed by atoms with van der Waals surface area (Å²) in [5.74, 6) is 1.01. The fraction of sp³-hybridized carbons (Fsp3) is 0.412. The number of hydrogen-bond donors (Lipinski definition) is 1. The van der Waals surface area contributed by atoms with Crippen molar-refractivity contribution >= 4 is 11.3 Å². The molecule has 108 valence electrons. The van der Waals surface area contributed by atoms with E-state index in [1.165, 1.54) is 16.7 Å². The topological polar surface area (TPSA) is 21.3 Å². The molecule has 0 fully saturated rings. The van der Waals surface area contributed by atoms with Gasteiger partial charge in [0.1, 0.15) is 5.75 Å². The van der Waals surface area contributed by atoms with Gasteiger partial charge in [0.25, 0.3) is 0 Å². The Morgan fingerprint density at radius 1 is 1.25 bits per heavy atom. The van der Waals surface area contributed by atoms with Crippen LogP contribution >= 0.6 is 11.3 Å². The lowest BCUT2D eigenvalue weighted by Gasteiger charge is -2.13. The van der Waals surface area contributed by atoms with Gasteiger partial charge in [0.05, 0.1) is 6.61 Å². The van der Waals surface area contributed by atoms with Gasteiger partial charge in [-0.05, 0) is 48.3 Å². The molecule has 0 aliphatic heterocycles. The molecule has 2 nitrogen and oxygen atoms in total. The van der Waals surface area contributed by atoms with Gasteiger partial charge in [0.2, 0.25) is 0 Å². The first-order chi connectivity index (χ1) is 9.79. The summed E-state index contributed by atoms with van der Waals surface area (Å²) in [4.78, 5) is 0. The summed E-state index contributed by atoms with van der Waals surface area (Å²) >= 11 is 1.74. The first-order valence-electron chi connectivity index (χ1n) is 7.23. The summed E-state index contributed by atoms with van der Waals surface area (Å²) in [7, 11) is 0. The number of nitrogens with one attached hydrogen (secondary N) is 1. The van der Waals surface area contributed by atoms with Crippen molar-refractivity contribution in [1.29, 1.82) is 0 Å². The highest BCUT2D eigenvalue weighted by atomic mass is 32.1. The molecule has 0 amide bonds. The lowest BCUT2D eigenvalue weighted by Crippen LogP contribution is -2.15. The van der Waals surface area contributed by atoms with Gasteiger partial charge in [-0.2, -0.15) is 11.3 Å². The third-order valence-corrected chi connectivity index (χ3v) is 3.92. The number of aryl methyl sites for hydroxylation is 1. The Labute approximate surface area is 125 Å². The van der Waals surface area contributed by atoms with E-state index in [2.05, 4.69) is 54.2 Å². The highest BCUT2D eigenvalue weighted by Gasteiger charge is 2.04. The number of ether oxygens (including phenoxy) is 1. The third kappa shape index (κ3) is 4.66. The Kier molecular flexibility index (Phi) is 6.09. The SMILES string of the molecule is CCCNCc1cc(C)ccc1OCCc1ccsc1. The van der Waals surface area contributed by atoms with E-state index in [4.69, 9.17) is 4.74 Å². The van der Waals surface area contributed by atoms with E-state index in [9.17, 15) is 0 Å². The number of rotatable bonds is 8. The average Bonchev–Trinajstić information content (AvgIpc) is 2.95. The molecule has 2 aromatic rings. The van der Waals surface area contributed by atoms with Crippen LogP contribution in [0.5, 0.6) is 5.75 Å². The molecule has 0 bridgehead atoms. The first kappa shape index (κ1) is 15.1. The molecule has 1 aromatic carbocycles. The third-order valence-electron chi connectivity index (χ3n) is 3.19. The zero-order chi connectivity index (χ0) is 14.2. The highest BCUT2D eigenvalue weighted by molar-refractivity contribution is 7.07. The molecule has 0 spiro atoms. The van der Waals surface area contributed by atoms with Crippen molar-refractivity contribution in [3.05, 3.63) is 51.7 Å². The van der Waals surface area contributed by atoms with Crippen molar-refractivity contribution in [1.82, 2.24) is 5.32 Å². The van der Waals surface area contributed by atoms with Crippen molar-refractivity contribution in [2.75, 3.05) is 13.2 Å². The monoisotopic (exact) mass is 289 g/mol. The maximum Gasteiger partial charge on any atom is 0.123 e. The minimum Gasteiger partial charge on any atom is -0.493 e. The number of benzene rings is 1. The van der Waals surface area contributed by atoms with E-state index in [1.807, 2.05) is 0 Å². The summed E-state index contributed by atoms with van der Waals surface area (Å²) in [6.07, 6.45) is 2.12. The summed E-state index contributed by atoms with van der Waals surface area (Å²) in [5, 5.41) is 7.74. The Hall–Kier alpha value is -1.32. The van der Waals surface area contributed by atoms with Gasteiger partial charge in [0.15, 0.2) is 0 Å². The largest absolute Gasteiger partial charge is 0.493 e. The molecule has 0 radical (unpaired) electrons. The maximum absolute atomic E-state index is 5.96. The van der Waals surface area contributed by atoms with Gasteiger partial charge in [-0.15, -0.1) is 0 Å². The molecular weight excluding hydrogens is 266 g/mol. The molecule has 1 N–H and O–H groups in total. The average molecular weight is 289 g/mol. The van der Waals surface area contributed by atoms with Gasteiger partial charge in [-0.25, -0.2) is 0 Å². The summed E-state index contributed by atoms with van der Waals surface area (Å²) < 4.78 is 5.96. The van der Waals surface area contributed by atoms with Crippen molar-refractivity contribution in [3.63, 3.8) is 0 Å². The van der Waals surface area contributed by atoms with Crippen LogP contribution in [-0.4, -0.2) is 13.2 Å². The van der Waals surface area contributed by atoms with Gasteiger partial charge >= 0.3 is 0 Å². The van der Waals surface area contributed by atoms with Crippen molar-refractivity contribution in [2.24, 2.45) is 0 Å². The summed E-state index contributed by atoms with van der Waals surface area (Å²) in [5.41, 5.74) is 3.89. The summed E-state index contributed by atoms with van der Waals surface area (Å²) in [6, 6.07) is 8.57. The van der Waals surface area contributed by atoms with Crippen LogP contribution in [0.15, 0.2) is 35.0 Å². The molecule has 0 saturated carbocycles. The van der Waals surface area contributed by atoms with Crippen LogP contribution in [0.3, 0.4) is 0 Å². The Morgan fingerprint density at radius 2 is 2.15 bits per heavy atom. The van der Waals surface area contributed by atoms with E-state index >= 15 is 0 Å². The fourth-order valence-electron chi connectivity index (χ4n) is 2.10. The standard InChI is InChI=1S/C17H23NOS/c1-3-8-18-12-16-11-14(2)4-5-17(16)19-9-6-15-7-10-20-13-15/h4-5,7,10-11,13,18H,3,6,8-9,12H2,1-2H3. The Bertz CT molecular complexity index is 508. The molecule has 0 atom stereocenters. The van der Waals surface area contributed by atoms with Gasteiger partial charge < -0.3 is 10.1 Å². The molecule has 0 saturated heterocycles. The Morgan fingerprint density at radius 3 is 2.90 bits per heavy atom. The molecule has 0 aliphatic carbocycles. The predicted molar refractivity (Wildman–Crippen MR) is 86.7 cm³/mol. The van der Waals surface area contributed by atoms with Crippen molar-refractivity contribution < 1.29 is 4.74 Å². The van der Waals surface area contributed by atoms with E-state index in [0.717, 1.165) is 38.3 Å². The molecule has 3 heteroatoms. The summed E-state index contributed by atoms with van der Waals surface area (Å²) in [6.45, 7) is 6.96. The predicted octanol–water partition coefficient (Wildman–Crippen LogP) is 4.18. The van der Waals surface area contributed by atoms with Crippen LogP contribution in [0.25, 0.3) is 0 Å². The van der Waals surface area contributed by atoms with E-state index in [1.54, 1.807) is 11.3 Å². The molecule has 20 heavy (non-hydrogen) atoms. The van der Waals surface area contributed by atoms with Gasteiger partial charge in [0, 0.05) is 18.5 Å². The van der Waals surface area contributed by atoms with Gasteiger partial charge in [-0.1, -0.05) is 24.6 Å². The van der Waals surface area contributed by atoms with Crippen LogP contribution in [0, 0.1) is 6.92 Å². The minimum atomic E-state index is 0.737. The Balaban J connectivity index is 1.91. The van der Waals surface area contributed by atoms with E-state index in [-0.39, 0.29) is 0 Å². The minimum absolute atomic E-state index is 0.737.